The molecule has 4 heteroatoms. The average molecular weight is 783 g/mol. The number of anilines is 6. The van der Waals surface area contributed by atoms with Gasteiger partial charge in [0, 0.05) is 48.6 Å². The van der Waals surface area contributed by atoms with E-state index in [1.54, 1.807) is 0 Å². The Kier molecular flexibility index (Phi) is 7.72. The van der Waals surface area contributed by atoms with Gasteiger partial charge in [-0.1, -0.05) is 127 Å². The van der Waals surface area contributed by atoms with Gasteiger partial charge in [0.25, 0.3) is 6.71 Å². The van der Waals surface area contributed by atoms with Gasteiger partial charge in [-0.25, -0.2) is 0 Å². The quantitative estimate of drug-likeness (QED) is 0.165. The number of nitrogens with zero attached hydrogens (tertiary/aromatic N) is 2. The van der Waals surface area contributed by atoms with Crippen LogP contribution in [-0.4, -0.2) is 6.71 Å². The molecule has 1 aromatic heterocycles. The molecule has 0 amide bonds. The molecule has 0 N–H and O–H groups in total. The first-order chi connectivity index (χ1) is 28.2. The van der Waals surface area contributed by atoms with E-state index in [-0.39, 0.29) is 23.0 Å². The topological polar surface area (TPSA) is 6.48 Å². The number of hydrogen-bond donors (Lipinski definition) is 0. The molecule has 59 heavy (non-hydrogen) atoms. The molecule has 0 saturated carbocycles. The van der Waals surface area contributed by atoms with Gasteiger partial charge < -0.3 is 9.80 Å². The number of rotatable bonds is 3. The Bertz CT molecular complexity index is 3050. The first kappa shape index (κ1) is 36.5. The van der Waals surface area contributed by atoms with Gasteiger partial charge in [-0.2, -0.15) is 0 Å². The van der Waals surface area contributed by atoms with E-state index in [1.807, 2.05) is 11.3 Å². The van der Waals surface area contributed by atoms with Crippen LogP contribution in [0.4, 0.5) is 34.1 Å². The fourth-order valence-electron chi connectivity index (χ4n) is 11.2. The lowest BCUT2D eigenvalue weighted by atomic mass is 9.33. The standard InChI is InChI=1S/C55H51BN2S/c1-33-26-47-52-48(27-33)58(44-19-15-21-50-51(44)38-18-13-14-20-49(38)59-50)45-29-37(53(3,4)5)23-24-41(45)56(52)42-30-39-40(55(8,9)32-54(39,6)7)31-46(42)57(47)43-25-22-36(28-34(43)2)35-16-11-10-12-17-35/h10-31H,32H2,1-9H3. The molecular formula is C55H51BN2S. The smallest absolute Gasteiger partial charge is 0.252 e. The monoisotopic (exact) mass is 782 g/mol. The van der Waals surface area contributed by atoms with Crippen LogP contribution in [0.3, 0.4) is 0 Å². The highest BCUT2D eigenvalue weighted by molar-refractivity contribution is 7.26. The zero-order valence-electron chi connectivity index (χ0n) is 35.8. The second-order valence-electron chi connectivity index (χ2n) is 19.9. The molecule has 290 valence electrons. The third kappa shape index (κ3) is 5.38. The number of thiophene rings is 1. The Labute approximate surface area is 354 Å². The van der Waals surface area contributed by atoms with Gasteiger partial charge in [0.05, 0.1) is 5.69 Å². The van der Waals surface area contributed by atoms with Gasteiger partial charge in [0.15, 0.2) is 0 Å². The van der Waals surface area contributed by atoms with Crippen molar-refractivity contribution >= 4 is 88.7 Å². The summed E-state index contributed by atoms with van der Waals surface area (Å²) in [5.74, 6) is 0. The predicted octanol–water partition coefficient (Wildman–Crippen LogP) is 13.7. The van der Waals surface area contributed by atoms with Gasteiger partial charge in [-0.15, -0.1) is 11.3 Å². The lowest BCUT2D eigenvalue weighted by Crippen LogP contribution is -2.61. The molecule has 2 nitrogen and oxygen atoms in total. The minimum Gasteiger partial charge on any atom is -0.311 e. The average Bonchev–Trinajstić information content (AvgIpc) is 3.67. The van der Waals surface area contributed by atoms with Crippen molar-refractivity contribution in [2.24, 2.45) is 0 Å². The molecule has 2 aliphatic heterocycles. The summed E-state index contributed by atoms with van der Waals surface area (Å²) in [7, 11) is 0. The Balaban J connectivity index is 1.25. The van der Waals surface area contributed by atoms with E-state index in [0.717, 1.165) is 6.42 Å². The van der Waals surface area contributed by atoms with Crippen LogP contribution in [0, 0.1) is 13.8 Å². The summed E-state index contributed by atoms with van der Waals surface area (Å²) in [5, 5.41) is 2.65. The Morgan fingerprint density at radius 2 is 1.20 bits per heavy atom. The summed E-state index contributed by atoms with van der Waals surface area (Å²) in [5.41, 5.74) is 21.3. The van der Waals surface area contributed by atoms with Crippen molar-refractivity contribution in [2.45, 2.75) is 85.0 Å². The predicted molar refractivity (Wildman–Crippen MR) is 258 cm³/mol. The van der Waals surface area contributed by atoms with Crippen molar-refractivity contribution in [3.63, 3.8) is 0 Å². The maximum Gasteiger partial charge on any atom is 0.252 e. The Morgan fingerprint density at radius 3 is 1.93 bits per heavy atom. The molecular weight excluding hydrogens is 731 g/mol. The minimum absolute atomic E-state index is 0.0129. The normalized spacial score (nSPS) is 16.0. The molecule has 0 fully saturated rings. The molecule has 0 saturated heterocycles. The van der Waals surface area contributed by atoms with Crippen LogP contribution in [0.25, 0.3) is 31.3 Å². The highest BCUT2D eigenvalue weighted by atomic mass is 32.1. The summed E-state index contributed by atoms with van der Waals surface area (Å²) < 4.78 is 2.65. The molecule has 3 aliphatic rings. The molecule has 0 spiro atoms. The highest BCUT2D eigenvalue weighted by Gasteiger charge is 2.48. The summed E-state index contributed by atoms with van der Waals surface area (Å²) in [4.78, 5) is 5.28. The third-order valence-corrected chi connectivity index (χ3v) is 14.9. The first-order valence-electron chi connectivity index (χ1n) is 21.3. The molecule has 0 radical (unpaired) electrons. The van der Waals surface area contributed by atoms with E-state index < -0.39 is 0 Å². The van der Waals surface area contributed by atoms with Crippen molar-refractivity contribution in [1.29, 1.82) is 0 Å². The minimum atomic E-state index is -0.0129. The van der Waals surface area contributed by atoms with Crippen molar-refractivity contribution in [2.75, 3.05) is 9.80 Å². The summed E-state index contributed by atoms with van der Waals surface area (Å²) in [6.07, 6.45) is 1.13. The number of hydrogen-bond acceptors (Lipinski definition) is 3. The second-order valence-corrected chi connectivity index (χ2v) is 20.9. The van der Waals surface area contributed by atoms with Crippen LogP contribution in [-0.2, 0) is 16.2 Å². The van der Waals surface area contributed by atoms with Crippen molar-refractivity contribution in [3.05, 3.63) is 161 Å². The molecule has 0 bridgehead atoms. The molecule has 0 atom stereocenters. The van der Waals surface area contributed by atoms with E-state index >= 15 is 0 Å². The van der Waals surface area contributed by atoms with Crippen LogP contribution in [0.1, 0.15) is 82.7 Å². The highest BCUT2D eigenvalue weighted by Crippen LogP contribution is 2.54. The van der Waals surface area contributed by atoms with Gasteiger partial charge in [0.2, 0.25) is 0 Å². The number of aryl methyl sites for hydroxylation is 2. The largest absolute Gasteiger partial charge is 0.311 e. The SMILES string of the molecule is Cc1cc2c3c(c1)N(c1cccc4sc5ccccc5c14)c1cc(C(C)(C)C)ccc1B3c1cc3c(cc1N2c1ccc(-c2ccccc2)cc1C)C(C)(C)CC3(C)C. The lowest BCUT2D eigenvalue weighted by molar-refractivity contribution is 0.403. The molecule has 8 aromatic rings. The van der Waals surface area contributed by atoms with Crippen molar-refractivity contribution < 1.29 is 0 Å². The second kappa shape index (κ2) is 12.5. The Morgan fingerprint density at radius 1 is 0.542 bits per heavy atom. The molecule has 3 heterocycles. The molecule has 1 aliphatic carbocycles. The van der Waals surface area contributed by atoms with E-state index in [2.05, 4.69) is 206 Å². The lowest BCUT2D eigenvalue weighted by Gasteiger charge is -2.45. The van der Waals surface area contributed by atoms with Crippen molar-refractivity contribution in [1.82, 2.24) is 0 Å². The van der Waals surface area contributed by atoms with Gasteiger partial charge in [-0.05, 0) is 146 Å². The van der Waals surface area contributed by atoms with Gasteiger partial charge >= 0.3 is 0 Å². The van der Waals surface area contributed by atoms with Crippen LogP contribution < -0.4 is 26.2 Å². The Hall–Kier alpha value is -5.58. The first-order valence-corrected chi connectivity index (χ1v) is 22.2. The van der Waals surface area contributed by atoms with E-state index in [9.17, 15) is 0 Å². The zero-order chi connectivity index (χ0) is 40.7. The molecule has 11 rings (SSSR count). The van der Waals surface area contributed by atoms with E-state index in [1.165, 1.54) is 110 Å². The maximum atomic E-state index is 2.64. The van der Waals surface area contributed by atoms with Gasteiger partial charge in [0.1, 0.15) is 0 Å². The van der Waals surface area contributed by atoms with Crippen LogP contribution in [0.5, 0.6) is 0 Å². The number of fused-ring (bicyclic) bond motifs is 8. The summed E-state index contributed by atoms with van der Waals surface area (Å²) >= 11 is 1.90. The van der Waals surface area contributed by atoms with Crippen LogP contribution >= 0.6 is 11.3 Å². The fraction of sp³-hybridized carbons (Fsp3) is 0.236. The zero-order valence-corrected chi connectivity index (χ0v) is 36.6. The van der Waals surface area contributed by atoms with E-state index in [0.29, 0.717) is 0 Å². The fourth-order valence-corrected chi connectivity index (χ4v) is 12.4. The third-order valence-electron chi connectivity index (χ3n) is 13.7. The number of benzene rings is 7. The van der Waals surface area contributed by atoms with Crippen LogP contribution in [0.15, 0.2) is 133 Å². The summed E-state index contributed by atoms with van der Waals surface area (Å²) in [6.45, 7) is 21.5. The molecule has 0 unspecified atom stereocenters. The van der Waals surface area contributed by atoms with Crippen molar-refractivity contribution in [3.8, 4) is 11.1 Å². The molecule has 7 aromatic carbocycles. The van der Waals surface area contributed by atoms with Gasteiger partial charge in [-0.3, -0.25) is 0 Å². The van der Waals surface area contributed by atoms with Crippen LogP contribution in [0.2, 0.25) is 0 Å². The summed E-state index contributed by atoms with van der Waals surface area (Å²) in [6, 6.07) is 51.4. The van der Waals surface area contributed by atoms with E-state index in [4.69, 9.17) is 0 Å². The maximum absolute atomic E-state index is 2.64.